The molecule has 0 atom stereocenters. The first-order chi connectivity index (χ1) is 12.1. The second-order valence-corrected chi connectivity index (χ2v) is 7.46. The van der Waals surface area contributed by atoms with Crippen LogP contribution in [0, 0.1) is 5.82 Å². The molecule has 0 unspecified atom stereocenters. The highest BCUT2D eigenvalue weighted by atomic mass is 32.1. The van der Waals surface area contributed by atoms with Gasteiger partial charge >= 0.3 is 0 Å². The van der Waals surface area contributed by atoms with Gasteiger partial charge in [0.1, 0.15) is 11.5 Å². The molecule has 2 aromatic heterocycles. The second kappa shape index (κ2) is 6.61. The summed E-state index contributed by atoms with van der Waals surface area (Å²) in [5.41, 5.74) is 2.76. The van der Waals surface area contributed by atoms with Crippen LogP contribution in [0.3, 0.4) is 0 Å². The summed E-state index contributed by atoms with van der Waals surface area (Å²) < 4.78 is 16.3. The topological polar surface area (TPSA) is 28.5 Å². The van der Waals surface area contributed by atoms with Crippen molar-refractivity contribution in [1.82, 2.24) is 14.4 Å². The molecule has 0 radical (unpaired) electrons. The highest BCUT2D eigenvalue weighted by Crippen LogP contribution is 2.27. The van der Waals surface area contributed by atoms with Gasteiger partial charge in [0.25, 0.3) is 5.91 Å². The molecule has 1 saturated heterocycles. The van der Waals surface area contributed by atoms with Crippen molar-refractivity contribution < 1.29 is 9.18 Å². The average molecular weight is 357 g/mol. The lowest BCUT2D eigenvalue weighted by atomic mass is 10.2. The fraction of sp³-hybridized carbons (Fsp3) is 0.316. The van der Waals surface area contributed by atoms with E-state index in [9.17, 15) is 9.18 Å². The summed E-state index contributed by atoms with van der Waals surface area (Å²) in [4.78, 5) is 17.2. The number of hydrogen-bond acceptors (Lipinski definition) is 3. The summed E-state index contributed by atoms with van der Waals surface area (Å²) in [6.07, 6.45) is 0. The Morgan fingerprint density at radius 3 is 2.56 bits per heavy atom. The standard InChI is InChI=1S/C19H20FN3OS/c1-21-7-9-22(10-8-21)19(24)17-12-18-16(6-11-25-18)23(17)13-14-2-4-15(20)5-3-14/h2-6,11-12H,7-10,13H2,1H3. The molecule has 0 saturated carbocycles. The number of thiophene rings is 1. The van der Waals surface area contributed by atoms with E-state index >= 15 is 0 Å². The van der Waals surface area contributed by atoms with Gasteiger partial charge in [-0.05, 0) is 42.3 Å². The molecular weight excluding hydrogens is 337 g/mol. The van der Waals surface area contributed by atoms with E-state index in [2.05, 4.69) is 16.5 Å². The van der Waals surface area contributed by atoms with Crippen molar-refractivity contribution in [2.45, 2.75) is 6.54 Å². The summed E-state index contributed by atoms with van der Waals surface area (Å²) >= 11 is 1.64. The van der Waals surface area contributed by atoms with Crippen molar-refractivity contribution >= 4 is 27.5 Å². The number of piperazine rings is 1. The van der Waals surface area contributed by atoms with Crippen molar-refractivity contribution in [2.24, 2.45) is 0 Å². The number of likely N-dealkylation sites (N-methyl/N-ethyl adjacent to an activating group) is 1. The molecule has 1 amide bonds. The van der Waals surface area contributed by atoms with E-state index in [0.717, 1.165) is 47.7 Å². The van der Waals surface area contributed by atoms with Crippen LogP contribution in [-0.2, 0) is 6.54 Å². The number of rotatable bonds is 3. The van der Waals surface area contributed by atoms with Crippen molar-refractivity contribution in [2.75, 3.05) is 33.2 Å². The van der Waals surface area contributed by atoms with Gasteiger partial charge in [-0.2, -0.15) is 0 Å². The van der Waals surface area contributed by atoms with Gasteiger partial charge in [-0.1, -0.05) is 12.1 Å². The van der Waals surface area contributed by atoms with Crippen LogP contribution in [0.5, 0.6) is 0 Å². The number of aromatic nitrogens is 1. The maximum atomic E-state index is 13.2. The molecule has 1 fully saturated rings. The van der Waals surface area contributed by atoms with Crippen LogP contribution >= 0.6 is 11.3 Å². The Hall–Kier alpha value is -2.18. The molecule has 3 aromatic rings. The highest BCUT2D eigenvalue weighted by Gasteiger charge is 2.24. The third kappa shape index (κ3) is 3.19. The molecule has 6 heteroatoms. The van der Waals surface area contributed by atoms with E-state index in [4.69, 9.17) is 0 Å². The molecule has 1 aliphatic rings. The highest BCUT2D eigenvalue weighted by molar-refractivity contribution is 7.17. The molecule has 0 aliphatic carbocycles. The summed E-state index contributed by atoms with van der Waals surface area (Å²) in [6, 6.07) is 10.5. The SMILES string of the molecule is CN1CCN(C(=O)c2cc3sccc3n2Cc2ccc(F)cc2)CC1. The summed E-state index contributed by atoms with van der Waals surface area (Å²) in [5, 5.41) is 2.04. The molecule has 1 aromatic carbocycles. The van der Waals surface area contributed by atoms with Gasteiger partial charge in [-0.25, -0.2) is 4.39 Å². The van der Waals surface area contributed by atoms with Crippen LogP contribution in [0.4, 0.5) is 4.39 Å². The Labute approximate surface area is 150 Å². The van der Waals surface area contributed by atoms with E-state index in [0.29, 0.717) is 6.54 Å². The average Bonchev–Trinajstić information content (AvgIpc) is 3.19. The predicted molar refractivity (Wildman–Crippen MR) is 98.7 cm³/mol. The van der Waals surface area contributed by atoms with E-state index in [-0.39, 0.29) is 11.7 Å². The molecule has 4 rings (SSSR count). The predicted octanol–water partition coefficient (Wildman–Crippen LogP) is 3.28. The quantitative estimate of drug-likeness (QED) is 0.720. The third-order valence-corrected chi connectivity index (χ3v) is 5.64. The third-order valence-electron chi connectivity index (χ3n) is 4.79. The molecule has 3 heterocycles. The van der Waals surface area contributed by atoms with E-state index in [1.807, 2.05) is 22.4 Å². The number of benzene rings is 1. The lowest BCUT2D eigenvalue weighted by Crippen LogP contribution is -2.47. The first kappa shape index (κ1) is 16.3. The van der Waals surface area contributed by atoms with Gasteiger partial charge in [-0.3, -0.25) is 4.79 Å². The Balaban J connectivity index is 1.67. The zero-order chi connectivity index (χ0) is 17.4. The normalized spacial score (nSPS) is 15.8. The largest absolute Gasteiger partial charge is 0.335 e. The Morgan fingerprint density at radius 2 is 1.84 bits per heavy atom. The molecular formula is C19H20FN3OS. The number of nitrogens with zero attached hydrogens (tertiary/aromatic N) is 3. The number of carbonyl (C=O) groups excluding carboxylic acids is 1. The van der Waals surface area contributed by atoms with Crippen molar-refractivity contribution in [3.05, 3.63) is 58.9 Å². The molecule has 0 spiro atoms. The zero-order valence-electron chi connectivity index (χ0n) is 14.1. The van der Waals surface area contributed by atoms with Crippen molar-refractivity contribution in [1.29, 1.82) is 0 Å². The minimum atomic E-state index is -0.245. The molecule has 130 valence electrons. The van der Waals surface area contributed by atoms with Gasteiger partial charge in [0.15, 0.2) is 0 Å². The summed E-state index contributed by atoms with van der Waals surface area (Å²) in [7, 11) is 2.08. The molecule has 0 N–H and O–H groups in total. The molecule has 4 nitrogen and oxygen atoms in total. The maximum absolute atomic E-state index is 13.2. The second-order valence-electron chi connectivity index (χ2n) is 6.51. The number of amides is 1. The van der Waals surface area contributed by atoms with Gasteiger partial charge in [0.05, 0.1) is 10.2 Å². The van der Waals surface area contributed by atoms with Crippen molar-refractivity contribution in [3.8, 4) is 0 Å². The fourth-order valence-electron chi connectivity index (χ4n) is 3.27. The lowest BCUT2D eigenvalue weighted by Gasteiger charge is -2.32. The first-order valence-electron chi connectivity index (χ1n) is 8.41. The minimum absolute atomic E-state index is 0.0820. The van der Waals surface area contributed by atoms with Crippen molar-refractivity contribution in [3.63, 3.8) is 0 Å². The van der Waals surface area contributed by atoms with Gasteiger partial charge in [0, 0.05) is 32.7 Å². The van der Waals surface area contributed by atoms with E-state index in [1.165, 1.54) is 12.1 Å². The molecule has 25 heavy (non-hydrogen) atoms. The molecule has 1 aliphatic heterocycles. The van der Waals surface area contributed by atoms with Crippen LogP contribution < -0.4 is 0 Å². The summed E-state index contributed by atoms with van der Waals surface area (Å²) in [6.45, 7) is 3.88. The van der Waals surface area contributed by atoms with Crippen LogP contribution in [0.1, 0.15) is 16.1 Å². The van der Waals surface area contributed by atoms with Gasteiger partial charge in [-0.15, -0.1) is 11.3 Å². The number of carbonyl (C=O) groups is 1. The van der Waals surface area contributed by atoms with E-state index < -0.39 is 0 Å². The first-order valence-corrected chi connectivity index (χ1v) is 9.29. The monoisotopic (exact) mass is 357 g/mol. The van der Waals surface area contributed by atoms with Crippen LogP contribution in [0.25, 0.3) is 10.2 Å². The van der Waals surface area contributed by atoms with E-state index in [1.54, 1.807) is 23.5 Å². The molecule has 0 bridgehead atoms. The minimum Gasteiger partial charge on any atom is -0.335 e. The lowest BCUT2D eigenvalue weighted by molar-refractivity contribution is 0.0654. The van der Waals surface area contributed by atoms with Gasteiger partial charge < -0.3 is 14.4 Å². The Kier molecular flexibility index (Phi) is 4.31. The van der Waals surface area contributed by atoms with Crippen LogP contribution in [-0.4, -0.2) is 53.5 Å². The number of fused-ring (bicyclic) bond motifs is 1. The number of hydrogen-bond donors (Lipinski definition) is 0. The maximum Gasteiger partial charge on any atom is 0.270 e. The Bertz CT molecular complexity index is 891. The van der Waals surface area contributed by atoms with Crippen LogP contribution in [0.2, 0.25) is 0 Å². The smallest absolute Gasteiger partial charge is 0.270 e. The van der Waals surface area contributed by atoms with Crippen LogP contribution in [0.15, 0.2) is 41.8 Å². The summed E-state index contributed by atoms with van der Waals surface area (Å²) in [5.74, 6) is -0.163. The Morgan fingerprint density at radius 1 is 1.12 bits per heavy atom. The number of halogens is 1. The van der Waals surface area contributed by atoms with Gasteiger partial charge in [0.2, 0.25) is 0 Å². The fourth-order valence-corrected chi connectivity index (χ4v) is 4.09. The zero-order valence-corrected chi connectivity index (χ0v) is 14.9.